The van der Waals surface area contributed by atoms with Crippen LogP contribution in [-0.4, -0.2) is 19.9 Å². The summed E-state index contributed by atoms with van der Waals surface area (Å²) >= 11 is 0. The quantitative estimate of drug-likeness (QED) is 0.136. The largest absolute Gasteiger partial charge is 0.457 e. The summed E-state index contributed by atoms with van der Waals surface area (Å²) in [7, 11) is 0. The Kier molecular flexibility index (Phi) is 14.3. The molecular weight excluding hydrogens is 1340 g/mol. The first-order chi connectivity index (χ1) is 54.5. The molecule has 0 amide bonds. The molecule has 0 saturated carbocycles. The van der Waals surface area contributed by atoms with Crippen LogP contribution in [0.4, 0.5) is 0 Å². The smallest absolute Gasteiger partial charge is 0.161 e. The molecular formula is C104H64N4O2. The fourth-order valence-electron chi connectivity index (χ4n) is 18.1. The second-order valence-electron chi connectivity index (χ2n) is 29.0. The van der Waals surface area contributed by atoms with Crippen molar-refractivity contribution in [1.82, 2.24) is 19.9 Å². The van der Waals surface area contributed by atoms with Crippen LogP contribution in [0, 0.1) is 0 Å². The van der Waals surface area contributed by atoms with Crippen molar-refractivity contribution in [2.45, 2.75) is 10.8 Å². The highest BCUT2D eigenvalue weighted by molar-refractivity contribution is 6.04. The van der Waals surface area contributed by atoms with E-state index >= 15 is 0 Å². The highest BCUT2D eigenvalue weighted by atomic mass is 16.5. The van der Waals surface area contributed by atoms with Gasteiger partial charge in [-0.05, 0) is 154 Å². The molecule has 110 heavy (non-hydrogen) atoms. The molecule has 0 fully saturated rings. The van der Waals surface area contributed by atoms with Crippen molar-refractivity contribution in [3.63, 3.8) is 0 Å². The third-order valence-corrected chi connectivity index (χ3v) is 23.1. The van der Waals surface area contributed by atoms with Crippen LogP contribution in [0.1, 0.15) is 44.5 Å². The number of fused-ring (bicyclic) bond motifs is 19. The average molecular weight is 1400 g/mol. The zero-order chi connectivity index (χ0) is 72.4. The number of para-hydroxylation sites is 2. The van der Waals surface area contributed by atoms with Gasteiger partial charge in [-0.25, -0.2) is 19.9 Å². The summed E-state index contributed by atoms with van der Waals surface area (Å²) in [6, 6.07) is 139. The summed E-state index contributed by atoms with van der Waals surface area (Å²) in [5.41, 5.74) is 31.1. The lowest BCUT2D eigenvalue weighted by Crippen LogP contribution is -2.32. The maximum absolute atomic E-state index is 7.09. The van der Waals surface area contributed by atoms with Crippen molar-refractivity contribution in [3.05, 3.63) is 433 Å². The van der Waals surface area contributed by atoms with Crippen LogP contribution in [-0.2, 0) is 10.8 Å². The molecule has 0 bridgehead atoms. The molecule has 0 radical (unpaired) electrons. The van der Waals surface area contributed by atoms with Gasteiger partial charge in [-0.15, -0.1) is 0 Å². The third kappa shape index (κ3) is 9.82. The zero-order valence-corrected chi connectivity index (χ0v) is 59.6. The van der Waals surface area contributed by atoms with Crippen LogP contribution in [0.3, 0.4) is 0 Å². The Morgan fingerprint density at radius 2 is 0.500 bits per heavy atom. The van der Waals surface area contributed by atoms with Gasteiger partial charge in [0.2, 0.25) is 0 Å². The number of benzene rings is 16. The lowest BCUT2D eigenvalue weighted by atomic mass is 9.65. The maximum Gasteiger partial charge on any atom is 0.161 e. The van der Waals surface area contributed by atoms with Crippen LogP contribution in [0.5, 0.6) is 23.0 Å². The topological polar surface area (TPSA) is 70.0 Å². The monoisotopic (exact) mass is 1400 g/mol. The van der Waals surface area contributed by atoms with Gasteiger partial charge in [0.15, 0.2) is 11.6 Å². The standard InChI is InChI=1S/C104H64N4O2/c1-4-23-70(24-5-1)92-63-95(106-101(105-92)74-50-46-66(47-51-74)65-40-42-67(43-41-65)76-54-58-98-90(61-76)103(87-36-18-20-38-96(87)109-98)84-33-15-12-30-80(84)81-31-13-16-34-85(81)103)73-48-44-68(45-49-73)75-53-57-83-82-32-14-17-35-86(82)104(89(83)60-75)88-37-19-21-39-97(88)110-99-59-55-77(62-91(99)104)79-56-52-69-22-10-11-29-78(69)100(79)102-107-93(71-25-6-2-7-26-71)64-94(108-102)72-27-8-3-9-28-72/h1-64H. The van der Waals surface area contributed by atoms with Crippen molar-refractivity contribution in [2.24, 2.45) is 0 Å². The van der Waals surface area contributed by atoms with Crippen molar-refractivity contribution in [3.8, 4) is 158 Å². The minimum absolute atomic E-state index is 0.533. The van der Waals surface area contributed by atoms with E-state index in [4.69, 9.17) is 29.4 Å². The number of hydrogen-bond acceptors (Lipinski definition) is 6. The predicted molar refractivity (Wildman–Crippen MR) is 444 cm³/mol. The number of rotatable bonds is 10. The number of hydrogen-bond donors (Lipinski definition) is 0. The molecule has 2 spiro atoms. The number of aromatic nitrogens is 4. The summed E-state index contributed by atoms with van der Waals surface area (Å²) in [6.07, 6.45) is 0. The summed E-state index contributed by atoms with van der Waals surface area (Å²) in [4.78, 5) is 21.6. The zero-order valence-electron chi connectivity index (χ0n) is 59.6. The summed E-state index contributed by atoms with van der Waals surface area (Å²) in [5.74, 6) is 4.71. The second-order valence-corrected chi connectivity index (χ2v) is 29.0. The molecule has 2 aliphatic carbocycles. The summed E-state index contributed by atoms with van der Waals surface area (Å²) in [6.45, 7) is 0. The average Bonchev–Trinajstić information content (AvgIpc) is 1.50. The normalized spacial score (nSPS) is 14.1. The van der Waals surface area contributed by atoms with Crippen LogP contribution in [0.25, 0.3) is 145 Å². The van der Waals surface area contributed by atoms with Gasteiger partial charge in [0.05, 0.1) is 33.6 Å². The minimum Gasteiger partial charge on any atom is -0.457 e. The number of ether oxygens (including phenoxy) is 2. The first-order valence-electron chi connectivity index (χ1n) is 37.5. The highest BCUT2D eigenvalue weighted by Crippen LogP contribution is 2.65. The van der Waals surface area contributed by atoms with Gasteiger partial charge in [0, 0.05) is 55.6 Å². The Morgan fingerprint density at radius 3 is 1.00 bits per heavy atom. The van der Waals surface area contributed by atoms with E-state index in [0.29, 0.717) is 11.6 Å². The number of nitrogens with zero attached hydrogens (tertiary/aromatic N) is 4. The van der Waals surface area contributed by atoms with Crippen molar-refractivity contribution in [2.75, 3.05) is 0 Å². The lowest BCUT2D eigenvalue weighted by molar-refractivity contribution is 0.436. The van der Waals surface area contributed by atoms with Crippen molar-refractivity contribution < 1.29 is 9.47 Å². The van der Waals surface area contributed by atoms with E-state index < -0.39 is 10.8 Å². The molecule has 2 aliphatic heterocycles. The molecule has 1 atom stereocenters. The molecule has 16 aromatic carbocycles. The predicted octanol–water partition coefficient (Wildman–Crippen LogP) is 26.0. The van der Waals surface area contributed by atoms with Crippen LogP contribution in [0.2, 0.25) is 0 Å². The maximum atomic E-state index is 7.09. The first-order valence-corrected chi connectivity index (χ1v) is 37.5. The molecule has 6 nitrogen and oxygen atoms in total. The molecule has 6 heteroatoms. The minimum atomic E-state index is -0.770. The Balaban J connectivity index is 0.606. The molecule has 4 aliphatic rings. The third-order valence-electron chi connectivity index (χ3n) is 23.1. The fourth-order valence-corrected chi connectivity index (χ4v) is 18.1. The van der Waals surface area contributed by atoms with Gasteiger partial charge in [0.1, 0.15) is 23.0 Å². The van der Waals surface area contributed by atoms with Gasteiger partial charge in [-0.3, -0.25) is 0 Å². The molecule has 4 heterocycles. The van der Waals surface area contributed by atoms with E-state index in [-0.39, 0.29) is 0 Å². The molecule has 0 saturated heterocycles. The SMILES string of the molecule is c1ccc(-c2cc(-c3ccc(-c4ccc5c(c4)C4(c6ccccc6Oc6ccc(-c7ccc8ccccc8c7-c7nc(-c8ccccc8)cc(-c8ccccc8)n7)cc64)c4ccccc4-5)cc3)nc(-c3ccc(-c4ccc(-c5ccc6c(c5)C5(c7ccccc7O6)c6ccccc6-c6ccccc65)cc4)cc3)n2)cc1. The van der Waals surface area contributed by atoms with E-state index in [1.165, 1.54) is 44.5 Å². The molecule has 18 aromatic rings. The van der Waals surface area contributed by atoms with E-state index in [1.807, 2.05) is 18.2 Å². The molecule has 22 rings (SSSR count). The molecule has 2 aromatic heterocycles. The van der Waals surface area contributed by atoms with Gasteiger partial charge < -0.3 is 9.47 Å². The van der Waals surface area contributed by atoms with E-state index in [2.05, 4.69) is 370 Å². The molecule has 0 N–H and O–H groups in total. The van der Waals surface area contributed by atoms with Crippen LogP contribution in [0.15, 0.2) is 388 Å². The van der Waals surface area contributed by atoms with E-state index in [9.17, 15) is 0 Å². The Morgan fingerprint density at radius 1 is 0.182 bits per heavy atom. The van der Waals surface area contributed by atoms with Gasteiger partial charge in [0.25, 0.3) is 0 Å². The van der Waals surface area contributed by atoms with Crippen molar-refractivity contribution in [1.29, 1.82) is 0 Å². The molecule has 512 valence electrons. The van der Waals surface area contributed by atoms with Crippen molar-refractivity contribution >= 4 is 10.8 Å². The second kappa shape index (κ2) is 25.1. The van der Waals surface area contributed by atoms with Gasteiger partial charge >= 0.3 is 0 Å². The van der Waals surface area contributed by atoms with E-state index in [0.717, 1.165) is 157 Å². The Bertz CT molecular complexity index is 6650. The highest BCUT2D eigenvalue weighted by Gasteiger charge is 2.53. The van der Waals surface area contributed by atoms with Crippen LogP contribution < -0.4 is 9.47 Å². The van der Waals surface area contributed by atoms with E-state index in [1.54, 1.807) is 0 Å². The van der Waals surface area contributed by atoms with Crippen LogP contribution >= 0.6 is 0 Å². The Hall–Kier alpha value is -14.5. The first kappa shape index (κ1) is 62.9. The summed E-state index contributed by atoms with van der Waals surface area (Å²) in [5, 5.41) is 2.17. The molecule has 1 unspecified atom stereocenters. The fraction of sp³-hybridized carbons (Fsp3) is 0.0192. The lowest BCUT2D eigenvalue weighted by Gasteiger charge is -2.39. The van der Waals surface area contributed by atoms with Gasteiger partial charge in [-0.1, -0.05) is 334 Å². The van der Waals surface area contributed by atoms with Gasteiger partial charge in [-0.2, -0.15) is 0 Å². The Labute approximate surface area is 637 Å². The summed E-state index contributed by atoms with van der Waals surface area (Å²) < 4.78 is 13.8.